The van der Waals surface area contributed by atoms with E-state index in [9.17, 15) is 0 Å². The van der Waals surface area contributed by atoms with Gasteiger partial charge in [-0.1, -0.05) is 24.3 Å². The van der Waals surface area contributed by atoms with Crippen molar-refractivity contribution in [2.45, 2.75) is 137 Å². The van der Waals surface area contributed by atoms with Crippen molar-refractivity contribution >= 4 is 0 Å². The molecule has 0 aromatic carbocycles. The van der Waals surface area contributed by atoms with Crippen LogP contribution in [0.2, 0.25) is 0 Å². The zero-order valence-corrected chi connectivity index (χ0v) is 20.6. The first-order chi connectivity index (χ1) is 17.3. The van der Waals surface area contributed by atoms with Crippen molar-refractivity contribution in [3.8, 4) is 0 Å². The monoisotopic (exact) mass is 488 g/mol. The van der Waals surface area contributed by atoms with Crippen molar-refractivity contribution in [3.05, 3.63) is 24.3 Å². The van der Waals surface area contributed by atoms with Crippen LogP contribution in [0.1, 0.15) is 64.2 Å². The molecule has 7 heterocycles. The summed E-state index contributed by atoms with van der Waals surface area (Å²) < 4.78 is 45.4. The lowest BCUT2D eigenvalue weighted by Crippen LogP contribution is -2.36. The molecule has 7 aliphatic heterocycles. The molecule has 0 bridgehead atoms. The second kappa shape index (κ2) is 10.2. The Balaban J connectivity index is 1.03. The molecule has 0 aromatic heterocycles. The predicted octanol–water partition coefficient (Wildman–Crippen LogP) is 3.63. The van der Waals surface area contributed by atoms with Gasteiger partial charge in [-0.3, -0.25) is 0 Å². The van der Waals surface area contributed by atoms with E-state index in [1.807, 2.05) is 0 Å². The molecule has 7 nitrogen and oxygen atoms in total. The number of hydrogen-bond donors (Lipinski definition) is 0. The van der Waals surface area contributed by atoms with Gasteiger partial charge in [0, 0.05) is 0 Å². The van der Waals surface area contributed by atoms with Crippen molar-refractivity contribution < 1.29 is 33.2 Å². The molecule has 5 fully saturated rings. The van der Waals surface area contributed by atoms with Crippen molar-refractivity contribution in [1.29, 1.82) is 0 Å². The smallest absolute Gasteiger partial charge is 0.102 e. The highest BCUT2D eigenvalue weighted by atomic mass is 16.6. The van der Waals surface area contributed by atoms with Gasteiger partial charge in [-0.25, -0.2) is 0 Å². The molecule has 7 rings (SSSR count). The summed E-state index contributed by atoms with van der Waals surface area (Å²) in [5, 5.41) is 0. The Morgan fingerprint density at radius 3 is 0.971 bits per heavy atom. The number of hydrogen-bond acceptors (Lipinski definition) is 7. The van der Waals surface area contributed by atoms with Gasteiger partial charge in [-0.2, -0.15) is 0 Å². The van der Waals surface area contributed by atoms with Gasteiger partial charge in [-0.15, -0.1) is 0 Å². The van der Waals surface area contributed by atoms with Crippen molar-refractivity contribution in [1.82, 2.24) is 0 Å². The first-order valence-corrected chi connectivity index (χ1v) is 14.1. The SMILES string of the molecule is C1=C[C@H]2O[C@H]3CC[C@H]4O[C@H]5CC[C@H]6O[C@H]7C=CCO[C@@H]7CC[C@@H]6O[C@@H]5CC[C@@H]4O[C@@H]3CC[C@@H]2OC1. The van der Waals surface area contributed by atoms with Crippen molar-refractivity contribution in [2.75, 3.05) is 13.2 Å². The molecule has 0 N–H and O–H groups in total. The Morgan fingerprint density at radius 1 is 0.343 bits per heavy atom. The summed E-state index contributed by atoms with van der Waals surface area (Å²) >= 11 is 0. The van der Waals surface area contributed by atoms with Gasteiger partial charge in [-0.05, 0) is 64.2 Å². The summed E-state index contributed by atoms with van der Waals surface area (Å²) in [5.41, 5.74) is 0. The van der Waals surface area contributed by atoms with Crippen LogP contribution in [0.25, 0.3) is 0 Å². The summed E-state index contributed by atoms with van der Waals surface area (Å²) in [5.74, 6) is 0. The summed E-state index contributed by atoms with van der Waals surface area (Å²) in [4.78, 5) is 0. The molecule has 7 aliphatic rings. The Bertz CT molecular complexity index is 736. The van der Waals surface area contributed by atoms with E-state index in [0.29, 0.717) is 13.2 Å². The molecular weight excluding hydrogens is 448 g/mol. The molecule has 0 spiro atoms. The summed E-state index contributed by atoms with van der Waals surface area (Å²) in [6, 6.07) is 0. The lowest BCUT2D eigenvalue weighted by molar-refractivity contribution is -0.147. The summed E-state index contributed by atoms with van der Waals surface area (Å²) in [6.07, 6.45) is 19.7. The molecule has 12 atom stereocenters. The Labute approximate surface area is 208 Å². The molecule has 194 valence electrons. The highest BCUT2D eigenvalue weighted by Gasteiger charge is 2.46. The molecule has 0 aromatic rings. The van der Waals surface area contributed by atoms with Crippen LogP contribution in [-0.2, 0) is 33.2 Å². The third-order valence-electron chi connectivity index (χ3n) is 9.25. The minimum atomic E-state index is 0.0576. The second-order valence-electron chi connectivity index (χ2n) is 11.4. The first kappa shape index (κ1) is 23.3. The molecule has 7 heteroatoms. The fraction of sp³-hybridized carbons (Fsp3) is 0.857. The van der Waals surface area contributed by atoms with E-state index in [-0.39, 0.29) is 73.2 Å². The van der Waals surface area contributed by atoms with E-state index < -0.39 is 0 Å². The maximum Gasteiger partial charge on any atom is 0.102 e. The van der Waals surface area contributed by atoms with Crippen LogP contribution in [0, 0.1) is 0 Å². The minimum absolute atomic E-state index is 0.0576. The molecule has 0 unspecified atom stereocenters. The molecule has 0 saturated carbocycles. The van der Waals surface area contributed by atoms with Gasteiger partial charge >= 0.3 is 0 Å². The van der Waals surface area contributed by atoms with Gasteiger partial charge in [0.05, 0.1) is 74.3 Å². The topological polar surface area (TPSA) is 64.6 Å². The lowest BCUT2D eigenvalue weighted by atomic mass is 10.0. The Morgan fingerprint density at radius 2 is 0.629 bits per heavy atom. The van der Waals surface area contributed by atoms with Crippen molar-refractivity contribution in [3.63, 3.8) is 0 Å². The Kier molecular flexibility index (Phi) is 6.77. The fourth-order valence-corrected chi connectivity index (χ4v) is 7.39. The minimum Gasteiger partial charge on any atom is -0.371 e. The van der Waals surface area contributed by atoms with Crippen LogP contribution in [0.15, 0.2) is 24.3 Å². The Hall–Kier alpha value is -0.800. The van der Waals surface area contributed by atoms with Gasteiger partial charge in [0.25, 0.3) is 0 Å². The zero-order valence-electron chi connectivity index (χ0n) is 20.6. The molecule has 0 amide bonds. The van der Waals surface area contributed by atoms with Crippen molar-refractivity contribution in [2.24, 2.45) is 0 Å². The molecule has 35 heavy (non-hydrogen) atoms. The van der Waals surface area contributed by atoms with E-state index >= 15 is 0 Å². The van der Waals surface area contributed by atoms with Gasteiger partial charge < -0.3 is 33.2 Å². The largest absolute Gasteiger partial charge is 0.371 e. The second-order valence-corrected chi connectivity index (χ2v) is 11.4. The lowest BCUT2D eigenvalue weighted by Gasteiger charge is -2.29. The molecule has 0 radical (unpaired) electrons. The average Bonchev–Trinajstić information content (AvgIpc) is 3.35. The van der Waals surface area contributed by atoms with Gasteiger partial charge in [0.15, 0.2) is 0 Å². The van der Waals surface area contributed by atoms with Crippen LogP contribution >= 0.6 is 0 Å². The molecular formula is C28H40O7. The molecule has 5 saturated heterocycles. The maximum absolute atomic E-state index is 6.83. The van der Waals surface area contributed by atoms with E-state index in [2.05, 4.69) is 24.3 Å². The van der Waals surface area contributed by atoms with E-state index in [1.165, 1.54) is 0 Å². The first-order valence-electron chi connectivity index (χ1n) is 14.1. The van der Waals surface area contributed by atoms with Crippen LogP contribution in [0.5, 0.6) is 0 Å². The van der Waals surface area contributed by atoms with Crippen LogP contribution in [-0.4, -0.2) is 86.5 Å². The summed E-state index contributed by atoms with van der Waals surface area (Å²) in [7, 11) is 0. The highest BCUT2D eigenvalue weighted by Crippen LogP contribution is 2.40. The number of rotatable bonds is 0. The quantitative estimate of drug-likeness (QED) is 0.483. The van der Waals surface area contributed by atoms with E-state index in [4.69, 9.17) is 33.2 Å². The summed E-state index contributed by atoms with van der Waals surface area (Å²) in [6.45, 7) is 1.39. The van der Waals surface area contributed by atoms with Crippen LogP contribution < -0.4 is 0 Å². The normalized spacial score (nSPS) is 51.9. The number of ether oxygens (including phenoxy) is 7. The van der Waals surface area contributed by atoms with Gasteiger partial charge in [0.1, 0.15) is 12.2 Å². The fourth-order valence-electron chi connectivity index (χ4n) is 7.39. The predicted molar refractivity (Wildman–Crippen MR) is 127 cm³/mol. The van der Waals surface area contributed by atoms with E-state index in [0.717, 1.165) is 64.2 Å². The van der Waals surface area contributed by atoms with E-state index in [1.54, 1.807) is 0 Å². The highest BCUT2D eigenvalue weighted by molar-refractivity contribution is 5.03. The number of fused-ring (bicyclic) bond motifs is 6. The molecule has 0 aliphatic carbocycles. The zero-order chi connectivity index (χ0) is 23.2. The van der Waals surface area contributed by atoms with Gasteiger partial charge in [0.2, 0.25) is 0 Å². The third kappa shape index (κ3) is 4.78. The third-order valence-corrected chi connectivity index (χ3v) is 9.25. The standard InChI is InChI=1S/C28H40O7/c1-3-19-17(29-15-1)5-7-21-23(31-19)9-11-27-25(33-21)13-14-26-28(35-27)12-10-24-22(34-26)8-6-18-20(32-24)4-2-16-30-18/h1-4,17-28H,5-16H2/t17-,18+,19+,20-,21+,22-,23-,24+,25-,26+,27+,28-. The average molecular weight is 489 g/mol. The maximum atomic E-state index is 6.83. The van der Waals surface area contributed by atoms with Crippen LogP contribution in [0.4, 0.5) is 0 Å². The van der Waals surface area contributed by atoms with Crippen LogP contribution in [0.3, 0.4) is 0 Å².